The van der Waals surface area contributed by atoms with Crippen LogP contribution < -0.4 is 9.64 Å². The average molecular weight is 496 g/mol. The predicted molar refractivity (Wildman–Crippen MR) is 142 cm³/mol. The molecule has 2 heterocycles. The second-order valence-corrected chi connectivity index (χ2v) is 9.67. The minimum absolute atomic E-state index is 0.0896. The zero-order valence-electron chi connectivity index (χ0n) is 20.0. The molecule has 1 amide bonds. The van der Waals surface area contributed by atoms with E-state index in [-0.39, 0.29) is 11.3 Å². The number of anilines is 1. The molecule has 6 heteroatoms. The van der Waals surface area contributed by atoms with E-state index in [1.54, 1.807) is 30.3 Å². The van der Waals surface area contributed by atoms with E-state index < -0.39 is 17.7 Å². The van der Waals surface area contributed by atoms with Crippen molar-refractivity contribution in [3.63, 3.8) is 0 Å². The van der Waals surface area contributed by atoms with Gasteiger partial charge in [-0.15, -0.1) is 11.3 Å². The van der Waals surface area contributed by atoms with Crippen LogP contribution in [0, 0.1) is 13.8 Å². The molecule has 5 rings (SSSR count). The maximum absolute atomic E-state index is 13.3. The number of ketones is 1. The van der Waals surface area contributed by atoms with Gasteiger partial charge in [0.05, 0.1) is 5.57 Å². The monoisotopic (exact) mass is 495 g/mol. The summed E-state index contributed by atoms with van der Waals surface area (Å²) in [5.41, 5.74) is 3.99. The van der Waals surface area contributed by atoms with Crippen LogP contribution in [-0.4, -0.2) is 16.8 Å². The summed E-state index contributed by atoms with van der Waals surface area (Å²) in [5.74, 6) is -0.857. The first kappa shape index (κ1) is 23.6. The van der Waals surface area contributed by atoms with Crippen LogP contribution in [0.15, 0.2) is 95.9 Å². The average Bonchev–Trinajstić information content (AvgIpc) is 3.43. The van der Waals surface area contributed by atoms with Crippen molar-refractivity contribution >= 4 is 34.5 Å². The van der Waals surface area contributed by atoms with Gasteiger partial charge in [-0.1, -0.05) is 48.5 Å². The number of hydrogen-bond acceptors (Lipinski definition) is 5. The van der Waals surface area contributed by atoms with E-state index >= 15 is 0 Å². The zero-order chi connectivity index (χ0) is 25.2. The highest BCUT2D eigenvalue weighted by atomic mass is 32.1. The van der Waals surface area contributed by atoms with Crippen LogP contribution in [0.4, 0.5) is 5.69 Å². The molecule has 1 saturated heterocycles. The number of thiophene rings is 1. The van der Waals surface area contributed by atoms with Gasteiger partial charge in [-0.05, 0) is 72.3 Å². The summed E-state index contributed by atoms with van der Waals surface area (Å²) in [5, 5.41) is 13.3. The van der Waals surface area contributed by atoms with Crippen LogP contribution in [0.25, 0.3) is 5.76 Å². The third-order valence-electron chi connectivity index (χ3n) is 6.31. The van der Waals surface area contributed by atoms with Gasteiger partial charge in [0.15, 0.2) is 0 Å². The van der Waals surface area contributed by atoms with Gasteiger partial charge in [-0.3, -0.25) is 14.5 Å². The smallest absolute Gasteiger partial charge is 0.300 e. The summed E-state index contributed by atoms with van der Waals surface area (Å²) >= 11 is 1.46. The fourth-order valence-electron chi connectivity index (χ4n) is 4.45. The Morgan fingerprint density at radius 3 is 2.25 bits per heavy atom. The number of carbonyl (C=O) groups is 2. The molecule has 4 aromatic rings. The first-order valence-electron chi connectivity index (χ1n) is 11.6. The van der Waals surface area contributed by atoms with Crippen molar-refractivity contribution in [2.75, 3.05) is 4.90 Å². The lowest BCUT2D eigenvalue weighted by Crippen LogP contribution is -2.29. The van der Waals surface area contributed by atoms with Crippen molar-refractivity contribution < 1.29 is 19.4 Å². The highest BCUT2D eigenvalue weighted by Gasteiger charge is 2.47. The number of benzene rings is 3. The van der Waals surface area contributed by atoms with Crippen LogP contribution in [0.5, 0.6) is 5.75 Å². The number of rotatable bonds is 6. The largest absolute Gasteiger partial charge is 0.507 e. The van der Waals surface area contributed by atoms with Gasteiger partial charge < -0.3 is 9.84 Å². The summed E-state index contributed by atoms with van der Waals surface area (Å²) in [6, 6.07) is 25.5. The molecular formula is C30H25NO4S. The van der Waals surface area contributed by atoms with Gasteiger partial charge in [0.1, 0.15) is 24.2 Å². The number of ether oxygens (including phenoxy) is 1. The summed E-state index contributed by atoms with van der Waals surface area (Å²) in [4.78, 5) is 28.9. The fourth-order valence-corrected chi connectivity index (χ4v) is 5.47. The molecule has 0 aliphatic carbocycles. The van der Waals surface area contributed by atoms with Crippen molar-refractivity contribution in [2.45, 2.75) is 26.5 Å². The number of carbonyl (C=O) groups excluding carboxylic acids is 2. The SMILES string of the molecule is Cc1cc(/C(O)=C2/C(=O)C(=O)N(c3ccccc3)C2c2sccc2C)ccc1OCc1ccccc1. The highest BCUT2D eigenvalue weighted by Crippen LogP contribution is 2.45. The molecule has 1 aliphatic rings. The number of aliphatic hydroxyl groups is 1. The van der Waals surface area contributed by atoms with E-state index in [1.165, 1.54) is 16.2 Å². The van der Waals surface area contributed by atoms with Gasteiger partial charge in [-0.2, -0.15) is 0 Å². The quantitative estimate of drug-likeness (QED) is 0.187. The number of Topliss-reactive ketones (excluding diaryl/α,β-unsaturated/α-hetero) is 1. The molecule has 0 saturated carbocycles. The van der Waals surface area contributed by atoms with E-state index in [4.69, 9.17) is 4.74 Å². The molecule has 1 aliphatic heterocycles. The molecule has 3 aromatic carbocycles. The van der Waals surface area contributed by atoms with Crippen molar-refractivity contribution in [3.8, 4) is 5.75 Å². The van der Waals surface area contributed by atoms with Gasteiger partial charge >= 0.3 is 0 Å². The first-order chi connectivity index (χ1) is 17.5. The number of aryl methyl sites for hydroxylation is 2. The van der Waals surface area contributed by atoms with Crippen LogP contribution >= 0.6 is 11.3 Å². The maximum atomic E-state index is 13.3. The standard InChI is InChI=1S/C30H25NO4S/c1-19-15-16-36-29(19)26-25(28(33)30(34)31(26)23-11-7-4-8-12-23)27(32)22-13-14-24(20(2)17-22)35-18-21-9-5-3-6-10-21/h3-17,26,32H,18H2,1-2H3/b27-25-. The van der Waals surface area contributed by atoms with Gasteiger partial charge in [0, 0.05) is 16.1 Å². The lowest BCUT2D eigenvalue weighted by Gasteiger charge is -2.25. The Labute approximate surface area is 213 Å². The predicted octanol–water partition coefficient (Wildman–Crippen LogP) is 6.57. The van der Waals surface area contributed by atoms with E-state index in [0.717, 1.165) is 21.6 Å². The van der Waals surface area contributed by atoms with Crippen LogP contribution in [-0.2, 0) is 16.2 Å². The van der Waals surface area contributed by atoms with Crippen molar-refractivity contribution in [3.05, 3.63) is 123 Å². The number of hydrogen-bond donors (Lipinski definition) is 1. The number of nitrogens with zero attached hydrogens (tertiary/aromatic N) is 1. The van der Waals surface area contributed by atoms with Crippen molar-refractivity contribution in [1.29, 1.82) is 0 Å². The maximum Gasteiger partial charge on any atom is 0.300 e. The van der Waals surface area contributed by atoms with Crippen molar-refractivity contribution in [1.82, 2.24) is 0 Å². The molecule has 1 N–H and O–H groups in total. The topological polar surface area (TPSA) is 66.8 Å². The third-order valence-corrected chi connectivity index (χ3v) is 7.39. The van der Waals surface area contributed by atoms with Crippen molar-refractivity contribution in [2.24, 2.45) is 0 Å². The normalized spacial score (nSPS) is 16.9. The van der Waals surface area contributed by atoms with E-state index in [9.17, 15) is 14.7 Å². The summed E-state index contributed by atoms with van der Waals surface area (Å²) in [6.07, 6.45) is 0. The summed E-state index contributed by atoms with van der Waals surface area (Å²) in [6.45, 7) is 4.26. The Morgan fingerprint density at radius 2 is 1.61 bits per heavy atom. The Hall–Kier alpha value is -4.16. The molecule has 5 nitrogen and oxygen atoms in total. The molecule has 0 bridgehead atoms. The first-order valence-corrected chi connectivity index (χ1v) is 12.5. The number of aliphatic hydroxyl groups excluding tert-OH is 1. The van der Waals surface area contributed by atoms with Crippen LogP contribution in [0.2, 0.25) is 0 Å². The van der Waals surface area contributed by atoms with Crippen LogP contribution in [0.3, 0.4) is 0 Å². The molecule has 180 valence electrons. The van der Waals surface area contributed by atoms with Gasteiger partial charge in [-0.25, -0.2) is 0 Å². The second kappa shape index (κ2) is 9.84. The Balaban J connectivity index is 1.54. The van der Waals surface area contributed by atoms with E-state index in [0.29, 0.717) is 23.6 Å². The van der Waals surface area contributed by atoms with Crippen LogP contribution in [0.1, 0.15) is 33.2 Å². The molecule has 0 spiro atoms. The molecule has 0 radical (unpaired) electrons. The summed E-state index contributed by atoms with van der Waals surface area (Å²) in [7, 11) is 0. The van der Waals surface area contributed by atoms with Gasteiger partial charge in [0.2, 0.25) is 0 Å². The lowest BCUT2D eigenvalue weighted by molar-refractivity contribution is -0.132. The number of para-hydroxylation sites is 1. The Bertz CT molecular complexity index is 1460. The molecule has 1 aromatic heterocycles. The minimum Gasteiger partial charge on any atom is -0.507 e. The second-order valence-electron chi connectivity index (χ2n) is 8.73. The minimum atomic E-state index is -0.707. The molecule has 1 fully saturated rings. The fraction of sp³-hybridized carbons (Fsp3) is 0.133. The lowest BCUT2D eigenvalue weighted by atomic mass is 9.97. The molecule has 1 atom stereocenters. The molecule has 36 heavy (non-hydrogen) atoms. The summed E-state index contributed by atoms with van der Waals surface area (Å²) < 4.78 is 5.97. The van der Waals surface area contributed by atoms with E-state index in [2.05, 4.69) is 0 Å². The molecular weight excluding hydrogens is 470 g/mol. The number of amides is 1. The third kappa shape index (κ3) is 4.32. The van der Waals surface area contributed by atoms with Gasteiger partial charge in [0.25, 0.3) is 11.7 Å². The Morgan fingerprint density at radius 1 is 0.917 bits per heavy atom. The molecule has 1 unspecified atom stereocenters. The Kier molecular flexibility index (Phi) is 6.44. The zero-order valence-corrected chi connectivity index (χ0v) is 20.8. The van der Waals surface area contributed by atoms with E-state index in [1.807, 2.05) is 73.8 Å². The highest BCUT2D eigenvalue weighted by molar-refractivity contribution is 7.10.